The van der Waals surface area contributed by atoms with Gasteiger partial charge in [-0.3, -0.25) is 4.57 Å². The summed E-state index contributed by atoms with van der Waals surface area (Å²) in [5, 5.41) is 7.87. The van der Waals surface area contributed by atoms with Gasteiger partial charge < -0.3 is 8.98 Å². The van der Waals surface area contributed by atoms with Gasteiger partial charge in [0.25, 0.3) is 0 Å². The maximum Gasteiger partial charge on any atom is 0.235 e. The highest BCUT2D eigenvalue weighted by molar-refractivity contribution is 6.30. The summed E-state index contributed by atoms with van der Waals surface area (Å²) < 4.78 is 11.1. The van der Waals surface area contributed by atoms with Crippen LogP contribution >= 0.6 is 0 Å². The number of para-hydroxylation sites is 3. The molecule has 0 atom stereocenters. The average Bonchev–Trinajstić information content (AvgIpc) is 3.90. The molecule has 0 aliphatic heterocycles. The molecule has 0 amide bonds. The largest absolute Gasteiger partial charge is 0.456 e. The van der Waals surface area contributed by atoms with Crippen molar-refractivity contribution in [1.82, 2.24) is 19.1 Å². The Morgan fingerprint density at radius 2 is 0.982 bits per heavy atom. The van der Waals surface area contributed by atoms with Crippen molar-refractivity contribution in [3.63, 3.8) is 0 Å². The first-order valence-electron chi connectivity index (χ1n) is 18.6. The van der Waals surface area contributed by atoms with Crippen LogP contribution in [0.1, 0.15) is 0 Å². The van der Waals surface area contributed by atoms with Crippen LogP contribution in [0.5, 0.6) is 0 Å². The Balaban J connectivity index is 1.21. The fourth-order valence-electron chi connectivity index (χ4n) is 8.69. The molecule has 8 aromatic carbocycles. The molecule has 0 spiro atoms. The Morgan fingerprint density at radius 3 is 1.78 bits per heavy atom. The lowest BCUT2D eigenvalue weighted by Gasteiger charge is -2.12. The minimum absolute atomic E-state index is 0.618. The average molecular weight is 703 g/mol. The number of hydrogen-bond acceptors (Lipinski definition) is 3. The van der Waals surface area contributed by atoms with Crippen molar-refractivity contribution in [2.75, 3.05) is 0 Å². The zero-order valence-corrected chi connectivity index (χ0v) is 29.5. The van der Waals surface area contributed by atoms with E-state index in [9.17, 15) is 0 Å². The fourth-order valence-corrected chi connectivity index (χ4v) is 8.69. The topological polar surface area (TPSA) is 48.8 Å². The normalized spacial score (nSPS) is 12.0. The van der Waals surface area contributed by atoms with Crippen LogP contribution in [0.15, 0.2) is 186 Å². The zero-order valence-electron chi connectivity index (χ0n) is 29.5. The molecule has 0 aliphatic rings. The van der Waals surface area contributed by atoms with Crippen molar-refractivity contribution in [2.24, 2.45) is 0 Å². The highest BCUT2D eigenvalue weighted by Crippen LogP contribution is 2.44. The van der Waals surface area contributed by atoms with Crippen molar-refractivity contribution in [3.05, 3.63) is 182 Å². The molecule has 12 rings (SSSR count). The molecule has 0 N–H and O–H groups in total. The summed E-state index contributed by atoms with van der Waals surface area (Å²) in [6.07, 6.45) is 0. The predicted molar refractivity (Wildman–Crippen MR) is 226 cm³/mol. The highest BCUT2D eigenvalue weighted by atomic mass is 16.3. The molecule has 0 saturated carbocycles. The third-order valence-electron chi connectivity index (χ3n) is 11.1. The molecule has 5 nitrogen and oxygen atoms in total. The molecule has 256 valence electrons. The van der Waals surface area contributed by atoms with E-state index in [0.29, 0.717) is 5.95 Å². The summed E-state index contributed by atoms with van der Waals surface area (Å²) in [4.78, 5) is 10.7. The number of aromatic nitrogens is 4. The second-order valence-corrected chi connectivity index (χ2v) is 14.2. The van der Waals surface area contributed by atoms with E-state index >= 15 is 0 Å². The lowest BCUT2D eigenvalue weighted by atomic mass is 10.0. The molecule has 55 heavy (non-hydrogen) atoms. The smallest absolute Gasteiger partial charge is 0.235 e. The van der Waals surface area contributed by atoms with E-state index in [1.165, 1.54) is 21.9 Å². The minimum atomic E-state index is 0.618. The fraction of sp³-hybridized carbons (Fsp3) is 0. The molecule has 4 heterocycles. The van der Waals surface area contributed by atoms with E-state index in [1.54, 1.807) is 0 Å². The van der Waals surface area contributed by atoms with Crippen LogP contribution in [0.2, 0.25) is 0 Å². The van der Waals surface area contributed by atoms with E-state index in [2.05, 4.69) is 167 Å². The molecule has 0 aliphatic carbocycles. The molecule has 0 radical (unpaired) electrons. The highest BCUT2D eigenvalue weighted by Gasteiger charge is 2.24. The van der Waals surface area contributed by atoms with Gasteiger partial charge in [-0.15, -0.1) is 0 Å². The Bertz CT molecular complexity index is 3470. The predicted octanol–water partition coefficient (Wildman–Crippen LogP) is 13.1. The summed E-state index contributed by atoms with van der Waals surface area (Å²) in [5.74, 6) is 0.618. The van der Waals surface area contributed by atoms with Gasteiger partial charge in [0.2, 0.25) is 5.95 Å². The van der Waals surface area contributed by atoms with Gasteiger partial charge in [0.1, 0.15) is 11.2 Å². The molecule has 12 aromatic rings. The van der Waals surface area contributed by atoms with E-state index in [-0.39, 0.29) is 0 Å². The zero-order chi connectivity index (χ0) is 36.0. The number of fused-ring (bicyclic) bond motifs is 11. The maximum absolute atomic E-state index is 6.51. The van der Waals surface area contributed by atoms with Crippen molar-refractivity contribution < 1.29 is 4.42 Å². The number of hydrogen-bond donors (Lipinski definition) is 0. The summed E-state index contributed by atoms with van der Waals surface area (Å²) >= 11 is 0. The molecule has 0 saturated heterocycles. The Labute approximate surface area is 315 Å². The van der Waals surface area contributed by atoms with Crippen LogP contribution < -0.4 is 0 Å². The number of furan rings is 1. The standard InChI is InChI=1S/C50H30N4O/c1-3-13-31(14-4-1)32-23-25-34(26-24-32)53-41-21-11-8-19-37(41)47-42(53)27-28-43-48(47)39-29-38-35-17-9-12-22-45(35)55-46(38)30-44(39)54(43)50-51-40-20-10-7-18-36(40)49(52-50)33-15-5-2-6-16-33/h1-30H. The number of benzene rings is 8. The first-order valence-corrected chi connectivity index (χ1v) is 18.6. The van der Waals surface area contributed by atoms with Gasteiger partial charge in [0.05, 0.1) is 33.3 Å². The van der Waals surface area contributed by atoms with Crippen LogP contribution in [-0.2, 0) is 0 Å². The van der Waals surface area contributed by atoms with Crippen LogP contribution in [0.3, 0.4) is 0 Å². The number of nitrogens with zero attached hydrogens (tertiary/aromatic N) is 4. The molecule has 4 aromatic heterocycles. The summed E-state index contributed by atoms with van der Waals surface area (Å²) in [6.45, 7) is 0. The van der Waals surface area contributed by atoms with Crippen molar-refractivity contribution in [3.8, 4) is 34.0 Å². The summed E-state index contributed by atoms with van der Waals surface area (Å²) in [7, 11) is 0. The molecule has 0 fully saturated rings. The molecule has 5 heteroatoms. The SMILES string of the molecule is c1ccc(-c2ccc(-n3c4ccccc4c4c5c6cc7c(cc6n(-c6nc(-c8ccccc8)c8ccccc8n6)c5ccc43)oc3ccccc37)cc2)cc1. The maximum atomic E-state index is 6.51. The van der Waals surface area contributed by atoms with E-state index in [4.69, 9.17) is 14.4 Å². The molecular formula is C50H30N4O. The van der Waals surface area contributed by atoms with Gasteiger partial charge in [0, 0.05) is 55.0 Å². The van der Waals surface area contributed by atoms with Crippen LogP contribution in [0, 0.1) is 0 Å². The molecule has 0 unspecified atom stereocenters. The van der Waals surface area contributed by atoms with Gasteiger partial charge >= 0.3 is 0 Å². The van der Waals surface area contributed by atoms with Gasteiger partial charge in [-0.1, -0.05) is 127 Å². The van der Waals surface area contributed by atoms with E-state index in [0.717, 1.165) is 82.6 Å². The summed E-state index contributed by atoms with van der Waals surface area (Å²) in [5.41, 5.74) is 12.4. The van der Waals surface area contributed by atoms with Gasteiger partial charge in [0.15, 0.2) is 0 Å². The lowest BCUT2D eigenvalue weighted by Crippen LogP contribution is -2.03. The van der Waals surface area contributed by atoms with Gasteiger partial charge in [-0.05, 0) is 59.7 Å². The van der Waals surface area contributed by atoms with Crippen molar-refractivity contribution in [1.29, 1.82) is 0 Å². The van der Waals surface area contributed by atoms with Gasteiger partial charge in [-0.2, -0.15) is 0 Å². The third kappa shape index (κ3) is 4.41. The first kappa shape index (κ1) is 30.0. The van der Waals surface area contributed by atoms with Crippen LogP contribution in [-0.4, -0.2) is 19.1 Å². The van der Waals surface area contributed by atoms with E-state index < -0.39 is 0 Å². The summed E-state index contributed by atoms with van der Waals surface area (Å²) in [6, 6.07) is 64.2. The Morgan fingerprint density at radius 1 is 0.364 bits per heavy atom. The quantitative estimate of drug-likeness (QED) is 0.183. The first-order chi connectivity index (χ1) is 27.3. The lowest BCUT2D eigenvalue weighted by molar-refractivity contribution is 0.669. The number of rotatable bonds is 4. The Kier molecular flexibility index (Phi) is 6.27. The second kappa shape index (κ2) is 11.5. The monoisotopic (exact) mass is 702 g/mol. The van der Waals surface area contributed by atoms with E-state index in [1.807, 2.05) is 24.3 Å². The second-order valence-electron chi connectivity index (χ2n) is 14.2. The van der Waals surface area contributed by atoms with Crippen LogP contribution in [0.4, 0.5) is 0 Å². The Hall–Kier alpha value is -7.50. The minimum Gasteiger partial charge on any atom is -0.456 e. The van der Waals surface area contributed by atoms with Gasteiger partial charge in [-0.25, -0.2) is 9.97 Å². The van der Waals surface area contributed by atoms with Crippen molar-refractivity contribution >= 4 is 76.5 Å². The molecular weight excluding hydrogens is 673 g/mol. The van der Waals surface area contributed by atoms with Crippen molar-refractivity contribution in [2.45, 2.75) is 0 Å². The molecule has 0 bridgehead atoms. The van der Waals surface area contributed by atoms with Crippen LogP contribution in [0.25, 0.3) is 110 Å². The third-order valence-corrected chi connectivity index (χ3v) is 11.1.